The van der Waals surface area contributed by atoms with Crippen LogP contribution in [0.5, 0.6) is 0 Å². The lowest BCUT2D eigenvalue weighted by molar-refractivity contribution is -0.194. The molecule has 7 heteroatoms. The van der Waals surface area contributed by atoms with Crippen LogP contribution in [0, 0.1) is 0 Å². The van der Waals surface area contributed by atoms with Gasteiger partial charge in [-0.15, -0.1) is 0 Å². The molecule has 0 unspecified atom stereocenters. The Balaban J connectivity index is 4.66. The number of ether oxygens (including phenoxy) is 2. The molecule has 0 aliphatic heterocycles. The van der Waals surface area contributed by atoms with Crippen molar-refractivity contribution in [2.75, 3.05) is 6.61 Å². The molecule has 0 fully saturated rings. The molecule has 0 heterocycles. The fourth-order valence-electron chi connectivity index (χ4n) is 0.969. The summed E-state index contributed by atoms with van der Waals surface area (Å²) >= 11 is 0. The molecule has 2 atom stereocenters. The van der Waals surface area contributed by atoms with E-state index in [0.29, 0.717) is 0 Å². The van der Waals surface area contributed by atoms with Crippen LogP contribution in [0.4, 0.5) is 13.2 Å². The molecule has 0 aromatic heterocycles. The van der Waals surface area contributed by atoms with Crippen molar-refractivity contribution in [2.45, 2.75) is 45.2 Å². The van der Waals surface area contributed by atoms with Crippen LogP contribution in [0.3, 0.4) is 0 Å². The Morgan fingerprint density at radius 2 is 1.88 bits per heavy atom. The second-order valence-electron chi connectivity index (χ2n) is 3.43. The molecule has 0 aliphatic rings. The lowest BCUT2D eigenvalue weighted by Gasteiger charge is -2.24. The highest BCUT2D eigenvalue weighted by Gasteiger charge is 2.46. The second-order valence-corrected chi connectivity index (χ2v) is 3.43. The minimum absolute atomic E-state index is 0.0539. The third-order valence-corrected chi connectivity index (χ3v) is 1.63. The van der Waals surface area contributed by atoms with E-state index in [0.717, 1.165) is 0 Å². The highest BCUT2D eigenvalue weighted by molar-refractivity contribution is 5.76. The number of halogens is 3. The van der Waals surface area contributed by atoms with Gasteiger partial charge in [-0.3, -0.25) is 0 Å². The molecule has 4 nitrogen and oxygen atoms in total. The summed E-state index contributed by atoms with van der Waals surface area (Å²) in [7, 11) is 0. The predicted octanol–water partition coefficient (Wildman–Crippen LogP) is 1.23. The molecule has 16 heavy (non-hydrogen) atoms. The molecule has 2 N–H and O–H groups in total. The summed E-state index contributed by atoms with van der Waals surface area (Å²) in [6.07, 6.45) is -7.03. The van der Waals surface area contributed by atoms with Crippen LogP contribution in [-0.4, -0.2) is 37.0 Å². The lowest BCUT2D eigenvalue weighted by Crippen LogP contribution is -2.52. The molecule has 0 bridgehead atoms. The quantitative estimate of drug-likeness (QED) is 0.738. The first-order valence-electron chi connectivity index (χ1n) is 4.84. The highest BCUT2D eigenvalue weighted by Crippen LogP contribution is 2.23. The standard InChI is InChI=1S/C9H16F3NO3/c1-4-15-6(7(13)9(10,11)12)8(14)16-5(2)3/h5-7H,4,13H2,1-3H3/t6-,7-/m0/s1. The number of rotatable bonds is 5. The van der Waals surface area contributed by atoms with Crippen LogP contribution in [0.2, 0.25) is 0 Å². The summed E-state index contributed by atoms with van der Waals surface area (Å²) in [5.74, 6) is -1.10. The van der Waals surface area contributed by atoms with Gasteiger partial charge in [0.25, 0.3) is 0 Å². The minimum atomic E-state index is -4.70. The van der Waals surface area contributed by atoms with Gasteiger partial charge >= 0.3 is 12.1 Å². The largest absolute Gasteiger partial charge is 0.461 e. The fraction of sp³-hybridized carbons (Fsp3) is 0.889. The van der Waals surface area contributed by atoms with Crippen LogP contribution in [0.25, 0.3) is 0 Å². The Morgan fingerprint density at radius 3 is 2.19 bits per heavy atom. The van der Waals surface area contributed by atoms with Crippen LogP contribution in [0.15, 0.2) is 0 Å². The van der Waals surface area contributed by atoms with Crippen molar-refractivity contribution in [3.8, 4) is 0 Å². The van der Waals surface area contributed by atoms with Crippen molar-refractivity contribution >= 4 is 5.97 Å². The van der Waals surface area contributed by atoms with E-state index in [-0.39, 0.29) is 6.61 Å². The van der Waals surface area contributed by atoms with Crippen LogP contribution in [0.1, 0.15) is 20.8 Å². The van der Waals surface area contributed by atoms with Crippen molar-refractivity contribution < 1.29 is 27.4 Å². The zero-order valence-corrected chi connectivity index (χ0v) is 9.38. The molecule has 0 aliphatic carbocycles. The number of carbonyl (C=O) groups excluding carboxylic acids is 1. The Labute approximate surface area is 91.9 Å². The molecule has 0 radical (unpaired) electrons. The van der Waals surface area contributed by atoms with Crippen molar-refractivity contribution in [3.63, 3.8) is 0 Å². The summed E-state index contributed by atoms with van der Waals surface area (Å²) in [4.78, 5) is 11.3. The van der Waals surface area contributed by atoms with Crippen molar-refractivity contribution in [2.24, 2.45) is 5.73 Å². The van der Waals surface area contributed by atoms with Gasteiger partial charge in [-0.1, -0.05) is 0 Å². The maximum atomic E-state index is 12.3. The van der Waals surface area contributed by atoms with E-state index >= 15 is 0 Å². The van der Waals surface area contributed by atoms with E-state index in [1.165, 1.54) is 20.8 Å². The van der Waals surface area contributed by atoms with Crippen LogP contribution in [-0.2, 0) is 14.3 Å². The van der Waals surface area contributed by atoms with Crippen LogP contribution >= 0.6 is 0 Å². The van der Waals surface area contributed by atoms with E-state index in [1.54, 1.807) is 0 Å². The van der Waals surface area contributed by atoms with E-state index in [2.05, 4.69) is 9.47 Å². The molecular weight excluding hydrogens is 227 g/mol. The summed E-state index contributed by atoms with van der Waals surface area (Å²) in [5.41, 5.74) is 4.91. The molecule has 0 amide bonds. The Kier molecular flexibility index (Phi) is 5.74. The molecule has 96 valence electrons. The summed E-state index contributed by atoms with van der Waals surface area (Å²) in [5, 5.41) is 0. The Hall–Kier alpha value is -0.820. The average Bonchev–Trinajstić information content (AvgIpc) is 2.10. The van der Waals surface area contributed by atoms with Crippen LogP contribution < -0.4 is 5.73 Å². The number of carbonyl (C=O) groups is 1. The first kappa shape index (κ1) is 15.2. The third-order valence-electron chi connectivity index (χ3n) is 1.63. The summed E-state index contributed by atoms with van der Waals surface area (Å²) < 4.78 is 46.2. The monoisotopic (exact) mass is 243 g/mol. The van der Waals surface area contributed by atoms with Gasteiger partial charge < -0.3 is 15.2 Å². The number of esters is 1. The smallest absolute Gasteiger partial charge is 0.406 e. The zero-order valence-electron chi connectivity index (χ0n) is 9.38. The molecule has 0 aromatic carbocycles. The Morgan fingerprint density at radius 1 is 1.38 bits per heavy atom. The van der Waals surface area contributed by atoms with E-state index in [9.17, 15) is 18.0 Å². The van der Waals surface area contributed by atoms with Gasteiger partial charge in [-0.25, -0.2) is 4.79 Å². The minimum Gasteiger partial charge on any atom is -0.461 e. The number of nitrogens with two attached hydrogens (primary N) is 1. The highest BCUT2D eigenvalue weighted by atomic mass is 19.4. The maximum absolute atomic E-state index is 12.3. The number of hydrogen-bond donors (Lipinski definition) is 1. The van der Waals surface area contributed by atoms with Gasteiger partial charge in [0, 0.05) is 6.61 Å². The van der Waals surface area contributed by atoms with Gasteiger partial charge in [0.15, 0.2) is 6.10 Å². The molecule has 0 rings (SSSR count). The lowest BCUT2D eigenvalue weighted by atomic mass is 10.1. The second kappa shape index (κ2) is 6.05. The van der Waals surface area contributed by atoms with E-state index < -0.39 is 30.4 Å². The normalized spacial score (nSPS) is 16.0. The maximum Gasteiger partial charge on any atom is 0.406 e. The molecule has 0 saturated heterocycles. The SMILES string of the molecule is CCO[C@H](C(=O)OC(C)C)[C@H](N)C(F)(F)F. The number of alkyl halides is 3. The van der Waals surface area contributed by atoms with Crippen molar-refractivity contribution in [1.82, 2.24) is 0 Å². The van der Waals surface area contributed by atoms with Gasteiger partial charge in [0.05, 0.1) is 6.10 Å². The van der Waals surface area contributed by atoms with Gasteiger partial charge in [0.1, 0.15) is 6.04 Å². The van der Waals surface area contributed by atoms with Crippen molar-refractivity contribution in [3.05, 3.63) is 0 Å². The van der Waals surface area contributed by atoms with E-state index in [1.807, 2.05) is 0 Å². The fourth-order valence-corrected chi connectivity index (χ4v) is 0.969. The molecule has 0 spiro atoms. The first-order valence-corrected chi connectivity index (χ1v) is 4.84. The van der Waals surface area contributed by atoms with Gasteiger partial charge in [-0.05, 0) is 20.8 Å². The van der Waals surface area contributed by atoms with Crippen molar-refractivity contribution in [1.29, 1.82) is 0 Å². The predicted molar refractivity (Wildman–Crippen MR) is 50.7 cm³/mol. The van der Waals surface area contributed by atoms with Gasteiger partial charge in [-0.2, -0.15) is 13.2 Å². The molecular formula is C9H16F3NO3. The summed E-state index contributed by atoms with van der Waals surface area (Å²) in [6.45, 7) is 4.47. The third kappa shape index (κ3) is 4.80. The summed E-state index contributed by atoms with van der Waals surface area (Å²) in [6, 6.07) is -2.38. The van der Waals surface area contributed by atoms with Gasteiger partial charge in [0.2, 0.25) is 0 Å². The van der Waals surface area contributed by atoms with E-state index in [4.69, 9.17) is 5.73 Å². The average molecular weight is 243 g/mol. The number of hydrogen-bond acceptors (Lipinski definition) is 4. The molecule has 0 saturated carbocycles. The first-order chi connectivity index (χ1) is 7.20. The Bertz CT molecular complexity index is 231. The zero-order chi connectivity index (χ0) is 12.9. The topological polar surface area (TPSA) is 61.5 Å². The molecule has 0 aromatic rings.